The van der Waals surface area contributed by atoms with E-state index in [1.165, 1.54) is 5.56 Å². The number of hydrogen-bond donors (Lipinski definition) is 2. The molecule has 1 saturated heterocycles. The van der Waals surface area contributed by atoms with Crippen LogP contribution in [0, 0.1) is 0 Å². The first-order valence-electron chi connectivity index (χ1n) is 7.84. The van der Waals surface area contributed by atoms with Crippen LogP contribution in [0.25, 0.3) is 0 Å². The summed E-state index contributed by atoms with van der Waals surface area (Å²) in [4.78, 5) is 14.7. The van der Waals surface area contributed by atoms with E-state index in [1.807, 2.05) is 32.3 Å². The van der Waals surface area contributed by atoms with Gasteiger partial charge in [-0.2, -0.15) is 0 Å². The summed E-state index contributed by atoms with van der Waals surface area (Å²) in [5.74, 6) is 0.144. The molecule has 1 fully saturated rings. The third-order valence-corrected chi connectivity index (χ3v) is 4.55. The molecule has 4 nitrogen and oxygen atoms in total. The fourth-order valence-electron chi connectivity index (χ4n) is 3.09. The van der Waals surface area contributed by atoms with Crippen LogP contribution in [0.2, 0.25) is 0 Å². The van der Waals surface area contributed by atoms with E-state index in [0.29, 0.717) is 6.54 Å². The summed E-state index contributed by atoms with van der Waals surface area (Å²) in [6.45, 7) is 3.66. The van der Waals surface area contributed by atoms with Crippen LogP contribution in [0.4, 0.5) is 0 Å². The molecular weight excluding hydrogens is 262 g/mol. The molecule has 1 aromatic rings. The van der Waals surface area contributed by atoms with Crippen LogP contribution < -0.4 is 10.6 Å². The van der Waals surface area contributed by atoms with Gasteiger partial charge in [-0.25, -0.2) is 0 Å². The van der Waals surface area contributed by atoms with Gasteiger partial charge in [0.2, 0.25) is 5.91 Å². The zero-order chi connectivity index (χ0) is 15.3. The second kappa shape index (κ2) is 7.05. The predicted octanol–water partition coefficient (Wildman–Crippen LogP) is 1.94. The molecule has 0 radical (unpaired) electrons. The fraction of sp³-hybridized carbons (Fsp3) is 0.588. The molecule has 0 aromatic heterocycles. The van der Waals surface area contributed by atoms with Gasteiger partial charge in [0.15, 0.2) is 0 Å². The zero-order valence-corrected chi connectivity index (χ0v) is 13.4. The molecule has 0 aliphatic carbocycles. The Bertz CT molecular complexity index is 452. The molecular formula is C17H27N3O. The second-order valence-electron chi connectivity index (χ2n) is 6.07. The predicted molar refractivity (Wildman–Crippen MR) is 86.1 cm³/mol. The van der Waals surface area contributed by atoms with Crippen molar-refractivity contribution in [3.63, 3.8) is 0 Å². The second-order valence-corrected chi connectivity index (χ2v) is 6.07. The average molecular weight is 289 g/mol. The molecule has 116 valence electrons. The lowest BCUT2D eigenvalue weighted by Gasteiger charge is -2.30. The van der Waals surface area contributed by atoms with Crippen LogP contribution in [0.3, 0.4) is 0 Å². The van der Waals surface area contributed by atoms with Gasteiger partial charge in [0.05, 0.1) is 11.6 Å². The van der Waals surface area contributed by atoms with Gasteiger partial charge < -0.3 is 15.5 Å². The monoisotopic (exact) mass is 289 g/mol. The van der Waals surface area contributed by atoms with E-state index < -0.39 is 0 Å². The van der Waals surface area contributed by atoms with Crippen molar-refractivity contribution in [2.75, 3.05) is 27.2 Å². The molecule has 4 heteroatoms. The van der Waals surface area contributed by atoms with Crippen molar-refractivity contribution in [2.45, 2.75) is 37.8 Å². The third-order valence-electron chi connectivity index (χ3n) is 4.55. The number of nitrogens with zero attached hydrogens (tertiary/aromatic N) is 1. The van der Waals surface area contributed by atoms with Crippen LogP contribution in [0.1, 0.15) is 37.8 Å². The average Bonchev–Trinajstić information content (AvgIpc) is 2.98. The van der Waals surface area contributed by atoms with E-state index in [9.17, 15) is 4.79 Å². The normalized spacial score (nSPS) is 23.2. The summed E-state index contributed by atoms with van der Waals surface area (Å²) in [5, 5.41) is 6.54. The number of nitrogens with one attached hydrogen (secondary N) is 2. The van der Waals surface area contributed by atoms with Crippen molar-refractivity contribution in [1.82, 2.24) is 15.5 Å². The van der Waals surface area contributed by atoms with Crippen LogP contribution in [-0.2, 0) is 4.79 Å². The van der Waals surface area contributed by atoms with E-state index in [0.717, 1.165) is 25.8 Å². The summed E-state index contributed by atoms with van der Waals surface area (Å²) < 4.78 is 0. The van der Waals surface area contributed by atoms with E-state index in [-0.39, 0.29) is 17.5 Å². The summed E-state index contributed by atoms with van der Waals surface area (Å²) in [7, 11) is 4.10. The Balaban J connectivity index is 2.01. The molecule has 1 heterocycles. The molecule has 2 rings (SSSR count). The van der Waals surface area contributed by atoms with Gasteiger partial charge in [0.1, 0.15) is 0 Å². The molecule has 2 atom stereocenters. The maximum Gasteiger partial charge on any atom is 0.240 e. The maximum atomic E-state index is 12.6. The maximum absolute atomic E-state index is 12.6. The van der Waals surface area contributed by atoms with Gasteiger partial charge >= 0.3 is 0 Å². The van der Waals surface area contributed by atoms with Crippen molar-refractivity contribution >= 4 is 5.91 Å². The Morgan fingerprint density at radius 3 is 2.62 bits per heavy atom. The highest BCUT2D eigenvalue weighted by molar-refractivity contribution is 5.86. The molecule has 2 N–H and O–H groups in total. The number of benzene rings is 1. The molecule has 1 aromatic carbocycles. The molecule has 2 unspecified atom stereocenters. The number of carbonyl (C=O) groups excluding carboxylic acids is 1. The Hall–Kier alpha value is -1.39. The van der Waals surface area contributed by atoms with Crippen LogP contribution >= 0.6 is 0 Å². The van der Waals surface area contributed by atoms with Crippen LogP contribution in [-0.4, -0.2) is 43.5 Å². The minimum Gasteiger partial charge on any atom is -0.353 e. The fourth-order valence-corrected chi connectivity index (χ4v) is 3.09. The summed E-state index contributed by atoms with van der Waals surface area (Å²) in [6.07, 6.45) is 2.86. The highest BCUT2D eigenvalue weighted by atomic mass is 16.2. The highest BCUT2D eigenvalue weighted by Gasteiger charge is 2.39. The molecule has 0 bridgehead atoms. The van der Waals surface area contributed by atoms with Crippen LogP contribution in [0.5, 0.6) is 0 Å². The van der Waals surface area contributed by atoms with Gasteiger partial charge in [0, 0.05) is 6.54 Å². The van der Waals surface area contributed by atoms with Gasteiger partial charge in [-0.05, 0) is 45.5 Å². The minimum atomic E-state index is -0.354. The molecule has 1 amide bonds. The molecule has 1 aliphatic heterocycles. The van der Waals surface area contributed by atoms with E-state index in [1.54, 1.807) is 0 Å². The Kier molecular flexibility index (Phi) is 5.37. The van der Waals surface area contributed by atoms with Crippen molar-refractivity contribution in [2.24, 2.45) is 0 Å². The van der Waals surface area contributed by atoms with E-state index in [4.69, 9.17) is 0 Å². The van der Waals surface area contributed by atoms with Gasteiger partial charge in [-0.3, -0.25) is 4.79 Å². The lowest BCUT2D eigenvalue weighted by molar-refractivity contribution is -0.127. The van der Waals surface area contributed by atoms with Gasteiger partial charge in [-0.15, -0.1) is 0 Å². The molecule has 1 aliphatic rings. The number of carbonyl (C=O) groups is 1. The smallest absolute Gasteiger partial charge is 0.240 e. The van der Waals surface area contributed by atoms with E-state index in [2.05, 4.69) is 34.6 Å². The van der Waals surface area contributed by atoms with Crippen molar-refractivity contribution in [1.29, 1.82) is 0 Å². The van der Waals surface area contributed by atoms with Crippen molar-refractivity contribution < 1.29 is 4.79 Å². The van der Waals surface area contributed by atoms with Crippen LogP contribution in [0.15, 0.2) is 30.3 Å². The minimum absolute atomic E-state index is 0.144. The lowest BCUT2D eigenvalue weighted by atomic mass is 9.93. The summed E-state index contributed by atoms with van der Waals surface area (Å²) in [6, 6.07) is 10.5. The third kappa shape index (κ3) is 3.63. The lowest BCUT2D eigenvalue weighted by Crippen LogP contribution is -2.54. The standard InChI is InChI=1S/C17H27N3O/c1-4-17(11-8-12-19-17)16(21)18-13-15(20(2)3)14-9-6-5-7-10-14/h5-7,9-10,15,19H,4,8,11-13H2,1-3H3,(H,18,21). The SMILES string of the molecule is CCC1(C(=O)NCC(c2ccccc2)N(C)C)CCCN1. The van der Waals surface area contributed by atoms with Gasteiger partial charge in [0.25, 0.3) is 0 Å². The molecule has 21 heavy (non-hydrogen) atoms. The zero-order valence-electron chi connectivity index (χ0n) is 13.4. The van der Waals surface area contributed by atoms with Crippen molar-refractivity contribution in [3.05, 3.63) is 35.9 Å². The summed E-state index contributed by atoms with van der Waals surface area (Å²) in [5.41, 5.74) is 0.876. The van der Waals surface area contributed by atoms with E-state index >= 15 is 0 Å². The first-order valence-corrected chi connectivity index (χ1v) is 7.84. The first kappa shape index (κ1) is 16.0. The van der Waals surface area contributed by atoms with Crippen molar-refractivity contribution in [3.8, 4) is 0 Å². The number of rotatable bonds is 6. The number of likely N-dealkylation sites (N-methyl/N-ethyl adjacent to an activating group) is 1. The molecule has 0 saturated carbocycles. The van der Waals surface area contributed by atoms with Gasteiger partial charge in [-0.1, -0.05) is 37.3 Å². The highest BCUT2D eigenvalue weighted by Crippen LogP contribution is 2.24. The Morgan fingerprint density at radius 1 is 1.38 bits per heavy atom. The quantitative estimate of drug-likeness (QED) is 0.841. The first-order chi connectivity index (χ1) is 10.1. The largest absolute Gasteiger partial charge is 0.353 e. The number of hydrogen-bond acceptors (Lipinski definition) is 3. The Morgan fingerprint density at radius 2 is 2.10 bits per heavy atom. The summed E-state index contributed by atoms with van der Waals surface area (Å²) >= 11 is 0. The molecule has 0 spiro atoms. The number of amides is 1. The topological polar surface area (TPSA) is 44.4 Å². The Labute approximate surface area is 127 Å².